The van der Waals surface area contributed by atoms with E-state index in [1.54, 1.807) is 12.1 Å². The second-order valence-electron chi connectivity index (χ2n) is 2.82. The predicted octanol–water partition coefficient (Wildman–Crippen LogP) is 1.61. The van der Waals surface area contributed by atoms with Crippen molar-refractivity contribution < 1.29 is 4.52 Å². The summed E-state index contributed by atoms with van der Waals surface area (Å²) < 4.78 is 4.82. The number of H-pyrrole nitrogens is 1. The van der Waals surface area contributed by atoms with Crippen LogP contribution in [-0.2, 0) is 6.42 Å². The van der Waals surface area contributed by atoms with Crippen LogP contribution in [0.5, 0.6) is 0 Å². The molecule has 72 valence electrons. The third kappa shape index (κ3) is 2.03. The first-order chi connectivity index (χ1) is 6.74. The minimum atomic E-state index is -0.470. The van der Waals surface area contributed by atoms with E-state index in [-0.39, 0.29) is 0 Å². The molecule has 0 fully saturated rings. The molecule has 0 spiro atoms. The van der Waals surface area contributed by atoms with Gasteiger partial charge in [0.05, 0.1) is 6.42 Å². The van der Waals surface area contributed by atoms with Gasteiger partial charge in [0.25, 0.3) is 0 Å². The standard InChI is InChI=1S/C9H7ClN2O2/c10-7-3-1-2-6(4-7)5-8-11-9(13)12-14-8/h1-4H,5H2,(H,12,13). The molecule has 0 aliphatic rings. The first kappa shape index (κ1) is 9.02. The van der Waals surface area contributed by atoms with Gasteiger partial charge in [-0.05, 0) is 17.7 Å². The van der Waals surface area contributed by atoms with E-state index in [4.69, 9.17) is 16.1 Å². The van der Waals surface area contributed by atoms with Crippen molar-refractivity contribution in [3.63, 3.8) is 0 Å². The zero-order chi connectivity index (χ0) is 9.97. The van der Waals surface area contributed by atoms with Crippen LogP contribution >= 0.6 is 11.6 Å². The van der Waals surface area contributed by atoms with E-state index in [2.05, 4.69) is 10.1 Å². The minimum absolute atomic E-state index is 0.359. The van der Waals surface area contributed by atoms with Crippen molar-refractivity contribution in [1.82, 2.24) is 10.1 Å². The molecule has 0 atom stereocenters. The molecule has 5 heteroatoms. The lowest BCUT2D eigenvalue weighted by Crippen LogP contribution is -2.01. The number of aromatic nitrogens is 2. The van der Waals surface area contributed by atoms with E-state index in [1.165, 1.54) is 0 Å². The van der Waals surface area contributed by atoms with Gasteiger partial charge < -0.3 is 4.52 Å². The summed E-state index contributed by atoms with van der Waals surface area (Å²) >= 11 is 5.80. The number of hydrogen-bond acceptors (Lipinski definition) is 3. The number of nitrogens with zero attached hydrogens (tertiary/aromatic N) is 1. The zero-order valence-corrected chi connectivity index (χ0v) is 7.91. The molecule has 0 unspecified atom stereocenters. The van der Waals surface area contributed by atoms with Crippen molar-refractivity contribution in [2.45, 2.75) is 6.42 Å². The monoisotopic (exact) mass is 210 g/mol. The van der Waals surface area contributed by atoms with Gasteiger partial charge in [-0.2, -0.15) is 10.1 Å². The van der Waals surface area contributed by atoms with Crippen molar-refractivity contribution in [3.05, 3.63) is 51.2 Å². The topological polar surface area (TPSA) is 58.9 Å². The Hall–Kier alpha value is -1.55. The van der Waals surface area contributed by atoms with Crippen LogP contribution in [0.25, 0.3) is 0 Å². The van der Waals surface area contributed by atoms with E-state index in [0.717, 1.165) is 5.56 Å². The number of rotatable bonds is 2. The maximum atomic E-state index is 10.7. The average Bonchev–Trinajstić information content (AvgIpc) is 2.51. The SMILES string of the molecule is O=c1nc(Cc2cccc(Cl)c2)o[nH]1. The first-order valence-corrected chi connectivity index (χ1v) is 4.41. The van der Waals surface area contributed by atoms with Gasteiger partial charge in [-0.25, -0.2) is 4.79 Å². The molecular formula is C9H7ClN2O2. The Morgan fingerprint density at radius 3 is 3.00 bits per heavy atom. The first-order valence-electron chi connectivity index (χ1n) is 4.03. The number of halogens is 1. The normalized spacial score (nSPS) is 10.4. The molecule has 1 heterocycles. The summed E-state index contributed by atoms with van der Waals surface area (Å²) in [5.41, 5.74) is 0.481. The maximum absolute atomic E-state index is 10.7. The third-order valence-electron chi connectivity index (χ3n) is 1.73. The van der Waals surface area contributed by atoms with Gasteiger partial charge in [0.1, 0.15) is 0 Å². The Kier molecular flexibility index (Phi) is 2.37. The molecule has 4 nitrogen and oxygen atoms in total. The van der Waals surface area contributed by atoms with Crippen LogP contribution in [0.1, 0.15) is 11.5 Å². The summed E-state index contributed by atoms with van der Waals surface area (Å²) in [5.74, 6) is 0.359. The van der Waals surface area contributed by atoms with Crippen LogP contribution in [0, 0.1) is 0 Å². The molecule has 0 aliphatic heterocycles. The second kappa shape index (κ2) is 3.67. The fourth-order valence-corrected chi connectivity index (χ4v) is 1.37. The summed E-state index contributed by atoms with van der Waals surface area (Å²) in [4.78, 5) is 14.3. The molecule has 0 bridgehead atoms. The summed E-state index contributed by atoms with van der Waals surface area (Å²) in [6.07, 6.45) is 0.458. The summed E-state index contributed by atoms with van der Waals surface area (Å²) in [6, 6.07) is 7.31. The lowest BCUT2D eigenvalue weighted by Gasteiger charge is -1.96. The van der Waals surface area contributed by atoms with E-state index in [1.807, 2.05) is 12.1 Å². The van der Waals surface area contributed by atoms with E-state index in [0.29, 0.717) is 17.3 Å². The number of nitrogens with one attached hydrogen (secondary N) is 1. The van der Waals surface area contributed by atoms with Gasteiger partial charge in [0, 0.05) is 5.02 Å². The molecule has 0 saturated heterocycles. The van der Waals surface area contributed by atoms with Gasteiger partial charge in [-0.15, -0.1) is 0 Å². The molecule has 2 aromatic rings. The van der Waals surface area contributed by atoms with Crippen LogP contribution in [0.2, 0.25) is 5.02 Å². The summed E-state index contributed by atoms with van der Waals surface area (Å²) in [6.45, 7) is 0. The number of benzene rings is 1. The van der Waals surface area contributed by atoms with Gasteiger partial charge in [0.2, 0.25) is 5.89 Å². The molecule has 14 heavy (non-hydrogen) atoms. The van der Waals surface area contributed by atoms with Crippen molar-refractivity contribution in [1.29, 1.82) is 0 Å². The molecular weight excluding hydrogens is 204 g/mol. The summed E-state index contributed by atoms with van der Waals surface area (Å²) in [7, 11) is 0. The fourth-order valence-electron chi connectivity index (χ4n) is 1.16. The molecule has 1 aromatic heterocycles. The highest BCUT2D eigenvalue weighted by Crippen LogP contribution is 2.12. The average molecular weight is 211 g/mol. The highest BCUT2D eigenvalue weighted by Gasteiger charge is 2.03. The largest absolute Gasteiger partial charge is 0.377 e. The maximum Gasteiger partial charge on any atom is 0.377 e. The summed E-state index contributed by atoms with van der Waals surface area (Å²) in [5, 5.41) is 2.78. The highest BCUT2D eigenvalue weighted by atomic mass is 35.5. The van der Waals surface area contributed by atoms with Crippen LogP contribution in [0.3, 0.4) is 0 Å². The Bertz CT molecular complexity index is 489. The van der Waals surface area contributed by atoms with Crippen molar-refractivity contribution in [3.8, 4) is 0 Å². The van der Waals surface area contributed by atoms with Crippen LogP contribution in [0.15, 0.2) is 33.6 Å². The lowest BCUT2D eigenvalue weighted by molar-refractivity contribution is 0.380. The Labute approximate surface area is 84.5 Å². The van der Waals surface area contributed by atoms with Gasteiger partial charge in [-0.3, -0.25) is 0 Å². The molecule has 0 saturated carbocycles. The van der Waals surface area contributed by atoms with Gasteiger partial charge in [0.15, 0.2) is 0 Å². The third-order valence-corrected chi connectivity index (χ3v) is 1.96. The molecule has 1 aromatic carbocycles. The van der Waals surface area contributed by atoms with Crippen LogP contribution in [0.4, 0.5) is 0 Å². The molecule has 1 N–H and O–H groups in total. The van der Waals surface area contributed by atoms with E-state index < -0.39 is 5.69 Å². The number of aromatic amines is 1. The molecule has 0 radical (unpaired) electrons. The zero-order valence-electron chi connectivity index (χ0n) is 7.16. The van der Waals surface area contributed by atoms with Gasteiger partial charge >= 0.3 is 5.69 Å². The molecule has 2 rings (SSSR count). The van der Waals surface area contributed by atoms with Crippen molar-refractivity contribution in [2.75, 3.05) is 0 Å². The Balaban J connectivity index is 2.22. The van der Waals surface area contributed by atoms with E-state index >= 15 is 0 Å². The van der Waals surface area contributed by atoms with Crippen molar-refractivity contribution >= 4 is 11.6 Å². The second-order valence-corrected chi connectivity index (χ2v) is 3.26. The van der Waals surface area contributed by atoms with Crippen molar-refractivity contribution in [2.24, 2.45) is 0 Å². The quantitative estimate of drug-likeness (QED) is 0.819. The Morgan fingerprint density at radius 1 is 1.50 bits per heavy atom. The lowest BCUT2D eigenvalue weighted by atomic mass is 10.1. The fraction of sp³-hybridized carbons (Fsp3) is 0.111. The minimum Gasteiger partial charge on any atom is -0.362 e. The van der Waals surface area contributed by atoms with Crippen LogP contribution in [-0.4, -0.2) is 10.1 Å². The molecule has 0 amide bonds. The van der Waals surface area contributed by atoms with Crippen LogP contribution < -0.4 is 5.69 Å². The Morgan fingerprint density at radius 2 is 2.36 bits per heavy atom. The van der Waals surface area contributed by atoms with E-state index in [9.17, 15) is 4.79 Å². The molecule has 0 aliphatic carbocycles. The highest BCUT2D eigenvalue weighted by molar-refractivity contribution is 6.30. The smallest absolute Gasteiger partial charge is 0.362 e. The predicted molar refractivity (Wildman–Crippen MR) is 51.4 cm³/mol. The number of hydrogen-bond donors (Lipinski definition) is 1. The van der Waals surface area contributed by atoms with Gasteiger partial charge in [-0.1, -0.05) is 23.7 Å².